The van der Waals surface area contributed by atoms with Crippen molar-refractivity contribution >= 4 is 29.7 Å². The number of halogens is 1. The van der Waals surface area contributed by atoms with E-state index in [1.54, 1.807) is 6.92 Å². The monoisotopic (exact) mass is 255 g/mol. The molecule has 1 N–H and O–H groups in total. The molecule has 0 spiro atoms. The molecule has 0 radical (unpaired) electrons. The Kier molecular flexibility index (Phi) is 3.26. The lowest BCUT2D eigenvalue weighted by Gasteiger charge is -2.30. The summed E-state index contributed by atoms with van der Waals surface area (Å²) in [5, 5.41) is 10.3. The van der Waals surface area contributed by atoms with Crippen molar-refractivity contribution in [1.29, 1.82) is 0 Å². The van der Waals surface area contributed by atoms with Gasteiger partial charge in [-0.05, 0) is 6.92 Å². The molecular formula is C10H10ClN3O3. The zero-order chi connectivity index (χ0) is 12.4. The van der Waals surface area contributed by atoms with Crippen LogP contribution >= 0.6 is 11.6 Å². The van der Waals surface area contributed by atoms with Gasteiger partial charge in [-0.1, -0.05) is 11.6 Å². The molecule has 2 heterocycles. The van der Waals surface area contributed by atoms with Crippen LogP contribution in [0.4, 0.5) is 0 Å². The maximum absolute atomic E-state index is 11.5. The summed E-state index contributed by atoms with van der Waals surface area (Å²) in [5.41, 5.74) is 0.0495. The fraction of sp³-hybridized carbons (Fsp3) is 0.300. The van der Waals surface area contributed by atoms with Gasteiger partial charge in [-0.2, -0.15) is 0 Å². The number of carbonyl (C=O) groups is 1. The second kappa shape index (κ2) is 4.68. The molecule has 0 saturated carbocycles. The van der Waals surface area contributed by atoms with Crippen molar-refractivity contribution in [2.75, 3.05) is 6.61 Å². The number of esters is 1. The number of hydrogen-bond acceptors (Lipinski definition) is 6. The third-order valence-corrected chi connectivity index (χ3v) is 2.36. The summed E-state index contributed by atoms with van der Waals surface area (Å²) in [5.74, 6) is -0.336. The Morgan fingerprint density at radius 1 is 1.71 bits per heavy atom. The van der Waals surface area contributed by atoms with Crippen LogP contribution in [-0.2, 0) is 9.53 Å². The number of aliphatic hydroxyl groups excluding tert-OH is 1. The van der Waals surface area contributed by atoms with Crippen molar-refractivity contribution in [3.8, 4) is 0 Å². The standard InChI is InChI=1S/C10H10ClN3O3/c1-2-17-9(16)7-4-13-10-12-3-6(11)5-14(10)8(7)15/h3-5,8,15H,2H2,1H3. The van der Waals surface area contributed by atoms with Gasteiger partial charge in [0.25, 0.3) is 0 Å². The third-order valence-electron chi connectivity index (χ3n) is 2.17. The number of fused-ring (bicyclic) bond motifs is 1. The second-order valence-electron chi connectivity index (χ2n) is 3.29. The quantitative estimate of drug-likeness (QED) is 0.733. The fourth-order valence-electron chi connectivity index (χ4n) is 1.41. The zero-order valence-corrected chi connectivity index (χ0v) is 9.76. The smallest absolute Gasteiger partial charge is 0.340 e. The largest absolute Gasteiger partial charge is 0.462 e. The summed E-state index contributed by atoms with van der Waals surface area (Å²) in [4.78, 5) is 20.7. The topological polar surface area (TPSA) is 74.5 Å². The maximum atomic E-state index is 11.5. The number of guanidine groups is 1. The highest BCUT2D eigenvalue weighted by molar-refractivity contribution is 6.40. The molecule has 1 unspecified atom stereocenters. The van der Waals surface area contributed by atoms with Crippen LogP contribution in [-0.4, -0.2) is 41.0 Å². The van der Waals surface area contributed by atoms with Crippen molar-refractivity contribution in [3.05, 3.63) is 23.0 Å². The second-order valence-corrected chi connectivity index (χ2v) is 3.72. The minimum atomic E-state index is -1.19. The van der Waals surface area contributed by atoms with E-state index in [0.717, 1.165) is 0 Å². The van der Waals surface area contributed by atoms with E-state index >= 15 is 0 Å². The van der Waals surface area contributed by atoms with E-state index in [2.05, 4.69) is 9.98 Å². The average Bonchev–Trinajstić information content (AvgIpc) is 2.30. The van der Waals surface area contributed by atoms with Gasteiger partial charge in [-0.25, -0.2) is 14.8 Å². The van der Waals surface area contributed by atoms with E-state index in [1.165, 1.54) is 23.5 Å². The molecule has 2 rings (SSSR count). The van der Waals surface area contributed by atoms with Gasteiger partial charge in [0.15, 0.2) is 6.23 Å². The van der Waals surface area contributed by atoms with Crippen LogP contribution in [0.15, 0.2) is 33.0 Å². The van der Waals surface area contributed by atoms with Crippen molar-refractivity contribution in [2.24, 2.45) is 9.98 Å². The van der Waals surface area contributed by atoms with Crippen molar-refractivity contribution in [1.82, 2.24) is 4.90 Å². The summed E-state index contributed by atoms with van der Waals surface area (Å²) in [6, 6.07) is 0. The van der Waals surface area contributed by atoms with E-state index in [0.29, 0.717) is 5.03 Å². The molecule has 90 valence electrons. The summed E-state index contributed by atoms with van der Waals surface area (Å²) in [6.07, 6.45) is 2.92. The van der Waals surface area contributed by atoms with Crippen LogP contribution in [0.3, 0.4) is 0 Å². The predicted molar refractivity (Wildman–Crippen MR) is 62.4 cm³/mol. The SMILES string of the molecule is CCOC(=O)C1=CN=C2N=CC(Cl)=CN2C1O. The lowest BCUT2D eigenvalue weighted by molar-refractivity contribution is -0.140. The van der Waals surface area contributed by atoms with Crippen LogP contribution in [0.25, 0.3) is 0 Å². The Hall–Kier alpha value is -1.66. The van der Waals surface area contributed by atoms with Crippen LogP contribution in [0.1, 0.15) is 6.92 Å². The summed E-state index contributed by atoms with van der Waals surface area (Å²) in [6.45, 7) is 1.92. The van der Waals surface area contributed by atoms with Gasteiger partial charge < -0.3 is 9.84 Å². The van der Waals surface area contributed by atoms with Gasteiger partial charge in [0.05, 0.1) is 17.9 Å². The van der Waals surface area contributed by atoms with E-state index in [-0.39, 0.29) is 18.1 Å². The molecule has 0 aromatic heterocycles. The Morgan fingerprint density at radius 2 is 2.47 bits per heavy atom. The molecule has 7 heteroatoms. The molecule has 0 amide bonds. The fourth-order valence-corrected chi connectivity index (χ4v) is 1.56. The number of ether oxygens (including phenoxy) is 1. The van der Waals surface area contributed by atoms with Crippen molar-refractivity contribution < 1.29 is 14.6 Å². The zero-order valence-electron chi connectivity index (χ0n) is 9.00. The number of nitrogens with zero attached hydrogens (tertiary/aromatic N) is 3. The maximum Gasteiger partial charge on any atom is 0.340 e. The summed E-state index contributed by atoms with van der Waals surface area (Å²) < 4.78 is 4.80. The highest BCUT2D eigenvalue weighted by Gasteiger charge is 2.31. The van der Waals surface area contributed by atoms with Crippen LogP contribution in [0.5, 0.6) is 0 Å². The number of hydrogen-bond donors (Lipinski definition) is 1. The number of carbonyl (C=O) groups excluding carboxylic acids is 1. The van der Waals surface area contributed by atoms with Gasteiger partial charge in [0, 0.05) is 12.4 Å². The number of rotatable bonds is 2. The first-order chi connectivity index (χ1) is 8.13. The van der Waals surface area contributed by atoms with Crippen LogP contribution in [0, 0.1) is 0 Å². The lowest BCUT2D eigenvalue weighted by Crippen LogP contribution is -2.42. The van der Waals surface area contributed by atoms with Crippen molar-refractivity contribution in [2.45, 2.75) is 13.2 Å². The Bertz CT molecular complexity index is 467. The minimum Gasteiger partial charge on any atom is -0.462 e. The molecule has 0 aliphatic carbocycles. The number of aliphatic imine (C=N–C) groups is 2. The molecule has 0 aromatic carbocycles. The Balaban J connectivity index is 2.28. The number of allylic oxidation sites excluding steroid dienone is 1. The summed E-state index contributed by atoms with van der Waals surface area (Å²) in [7, 11) is 0. The normalized spacial score (nSPS) is 22.4. The summed E-state index contributed by atoms with van der Waals surface area (Å²) >= 11 is 5.76. The molecule has 0 aromatic rings. The molecule has 0 fully saturated rings. The molecule has 0 bridgehead atoms. The molecule has 2 aliphatic rings. The van der Waals surface area contributed by atoms with E-state index < -0.39 is 12.2 Å². The predicted octanol–water partition coefficient (Wildman–Crippen LogP) is 0.588. The van der Waals surface area contributed by atoms with E-state index in [9.17, 15) is 9.90 Å². The van der Waals surface area contributed by atoms with Crippen LogP contribution < -0.4 is 0 Å². The highest BCUT2D eigenvalue weighted by atomic mass is 35.5. The first-order valence-corrected chi connectivity index (χ1v) is 5.34. The molecular weight excluding hydrogens is 246 g/mol. The molecule has 0 saturated heterocycles. The highest BCUT2D eigenvalue weighted by Crippen LogP contribution is 2.21. The number of aliphatic hydroxyl groups is 1. The molecule has 17 heavy (non-hydrogen) atoms. The minimum absolute atomic E-state index is 0.0495. The average molecular weight is 256 g/mol. The Morgan fingerprint density at radius 3 is 3.18 bits per heavy atom. The Labute approximate surface area is 103 Å². The lowest BCUT2D eigenvalue weighted by atomic mass is 10.2. The molecule has 1 atom stereocenters. The molecule has 6 nitrogen and oxygen atoms in total. The first kappa shape index (κ1) is 11.8. The van der Waals surface area contributed by atoms with E-state index in [4.69, 9.17) is 16.3 Å². The van der Waals surface area contributed by atoms with E-state index in [1.807, 2.05) is 0 Å². The van der Waals surface area contributed by atoms with Crippen molar-refractivity contribution in [3.63, 3.8) is 0 Å². The van der Waals surface area contributed by atoms with Gasteiger partial charge >= 0.3 is 5.97 Å². The third kappa shape index (κ3) is 2.22. The van der Waals surface area contributed by atoms with Gasteiger partial charge in [-0.3, -0.25) is 4.90 Å². The van der Waals surface area contributed by atoms with Gasteiger partial charge in [0.2, 0.25) is 5.96 Å². The van der Waals surface area contributed by atoms with Gasteiger partial charge in [0.1, 0.15) is 5.57 Å². The first-order valence-electron chi connectivity index (χ1n) is 4.96. The van der Waals surface area contributed by atoms with Crippen LogP contribution in [0.2, 0.25) is 0 Å². The molecule has 2 aliphatic heterocycles. The van der Waals surface area contributed by atoms with Gasteiger partial charge in [-0.15, -0.1) is 0 Å².